The van der Waals surface area contributed by atoms with Gasteiger partial charge in [0, 0.05) is 29.1 Å². The molecule has 0 radical (unpaired) electrons. The van der Waals surface area contributed by atoms with E-state index in [2.05, 4.69) is 17.1 Å². The molecule has 0 saturated carbocycles. The van der Waals surface area contributed by atoms with Crippen molar-refractivity contribution in [3.05, 3.63) is 77.6 Å². The summed E-state index contributed by atoms with van der Waals surface area (Å²) in [6.45, 7) is 3.96. The number of aliphatic hydroxyl groups is 1. The number of rotatable bonds is 4. The molecule has 3 heterocycles. The molecule has 0 amide bonds. The Morgan fingerprint density at radius 3 is 2.52 bits per heavy atom. The van der Waals surface area contributed by atoms with E-state index in [4.69, 9.17) is 20.2 Å². The Hall–Kier alpha value is -3.38. The molecular weight excluding hydrogens is 390 g/mol. The van der Waals surface area contributed by atoms with E-state index in [0.717, 1.165) is 45.7 Å². The Morgan fingerprint density at radius 2 is 1.84 bits per heavy atom. The second-order valence-electron chi connectivity index (χ2n) is 8.80. The number of pyridine rings is 1. The van der Waals surface area contributed by atoms with E-state index in [1.54, 1.807) is 6.20 Å². The fourth-order valence-electron chi connectivity index (χ4n) is 4.22. The third-order valence-corrected chi connectivity index (χ3v) is 5.88. The van der Waals surface area contributed by atoms with Crippen molar-refractivity contribution in [1.29, 1.82) is 0 Å². The number of hydrogen-bond acceptors (Lipinski definition) is 6. The predicted octanol–water partition coefficient (Wildman–Crippen LogP) is 4.15. The lowest BCUT2D eigenvalue weighted by atomic mass is 9.79. The lowest BCUT2D eigenvalue weighted by Crippen LogP contribution is -2.31. The molecule has 2 aliphatic heterocycles. The zero-order valence-electron chi connectivity index (χ0n) is 17.6. The second-order valence-corrected chi connectivity index (χ2v) is 8.80. The van der Waals surface area contributed by atoms with Gasteiger partial charge < -0.3 is 20.3 Å². The molecule has 31 heavy (non-hydrogen) atoms. The van der Waals surface area contributed by atoms with Crippen molar-refractivity contribution in [1.82, 2.24) is 4.98 Å². The first-order chi connectivity index (χ1) is 14.8. The molecule has 0 unspecified atom stereocenters. The number of aryl methyl sites for hydroxylation is 1. The average molecular weight is 415 g/mol. The first-order valence-electron chi connectivity index (χ1n) is 10.4. The molecular formula is C25H25N3O3. The van der Waals surface area contributed by atoms with Crippen LogP contribution in [-0.4, -0.2) is 28.3 Å². The normalized spacial score (nSPS) is 19.3. The quantitative estimate of drug-likeness (QED) is 0.668. The highest BCUT2D eigenvalue weighted by atomic mass is 16.5. The maximum absolute atomic E-state index is 10.1. The fourth-order valence-corrected chi connectivity index (χ4v) is 4.22. The number of hydrogen-bond donors (Lipinski definition) is 2. The van der Waals surface area contributed by atoms with E-state index >= 15 is 0 Å². The first kappa shape index (κ1) is 19.6. The van der Waals surface area contributed by atoms with Crippen LogP contribution in [0.1, 0.15) is 37.0 Å². The fraction of sp³-hybridized carbons (Fsp3) is 0.280. The van der Waals surface area contributed by atoms with Crippen LogP contribution in [0.4, 0.5) is 0 Å². The second kappa shape index (κ2) is 7.10. The summed E-state index contributed by atoms with van der Waals surface area (Å²) < 4.78 is 11.9. The molecule has 0 fully saturated rings. The maximum Gasteiger partial charge on any atom is 0.283 e. The SMILES string of the molecule is CC(C)(O)CCc1ccc2c(c1)[C@]1(COC(N)=N1)c1cc(-c3cccnc3)ccc1O2. The van der Waals surface area contributed by atoms with Gasteiger partial charge in [0.15, 0.2) is 5.54 Å². The van der Waals surface area contributed by atoms with Gasteiger partial charge >= 0.3 is 0 Å². The third kappa shape index (κ3) is 3.53. The summed E-state index contributed by atoms with van der Waals surface area (Å²) in [6, 6.07) is 16.3. The number of aliphatic imine (C=N–C) groups is 1. The van der Waals surface area contributed by atoms with Crippen LogP contribution in [0.5, 0.6) is 11.5 Å². The summed E-state index contributed by atoms with van der Waals surface area (Å²) >= 11 is 0. The van der Waals surface area contributed by atoms with E-state index in [-0.39, 0.29) is 6.02 Å². The van der Waals surface area contributed by atoms with Crippen molar-refractivity contribution in [3.63, 3.8) is 0 Å². The highest BCUT2D eigenvalue weighted by Gasteiger charge is 2.47. The van der Waals surface area contributed by atoms with Crippen LogP contribution in [0, 0.1) is 0 Å². The molecule has 6 heteroatoms. The van der Waals surface area contributed by atoms with Crippen molar-refractivity contribution in [2.24, 2.45) is 10.7 Å². The lowest BCUT2D eigenvalue weighted by Gasteiger charge is -2.34. The topological polar surface area (TPSA) is 90.0 Å². The Labute approximate surface area is 181 Å². The Balaban J connectivity index is 1.63. The Morgan fingerprint density at radius 1 is 1.06 bits per heavy atom. The zero-order valence-corrected chi connectivity index (χ0v) is 17.6. The number of nitrogens with zero attached hydrogens (tertiary/aromatic N) is 2. The van der Waals surface area contributed by atoms with Gasteiger partial charge in [-0.3, -0.25) is 4.98 Å². The number of aromatic nitrogens is 1. The van der Waals surface area contributed by atoms with E-state index < -0.39 is 11.1 Å². The van der Waals surface area contributed by atoms with Gasteiger partial charge in [0.05, 0.1) is 5.60 Å². The standard InChI is InChI=1S/C25H25N3O3/c1-24(2,29)10-9-16-5-7-21-19(12-16)25(15-30-23(26)28-25)20-13-17(6-8-22(20)31-21)18-4-3-11-27-14-18/h3-8,11-14,29H,9-10,15H2,1-2H3,(H2,26,28)/t25-/m1/s1. The van der Waals surface area contributed by atoms with E-state index in [0.29, 0.717) is 13.0 Å². The number of ether oxygens (including phenoxy) is 2. The number of amidine groups is 1. The molecule has 2 aromatic carbocycles. The predicted molar refractivity (Wildman–Crippen MR) is 119 cm³/mol. The molecule has 1 aromatic heterocycles. The molecule has 3 aromatic rings. The van der Waals surface area contributed by atoms with Crippen molar-refractivity contribution < 1.29 is 14.6 Å². The molecule has 2 aliphatic rings. The largest absolute Gasteiger partial charge is 0.462 e. The van der Waals surface area contributed by atoms with Crippen molar-refractivity contribution in [2.75, 3.05) is 6.61 Å². The van der Waals surface area contributed by atoms with Crippen LogP contribution in [0.15, 0.2) is 65.9 Å². The summed E-state index contributed by atoms with van der Waals surface area (Å²) in [5, 5.41) is 10.1. The Bertz CT molecular complexity index is 1170. The van der Waals surface area contributed by atoms with Crippen molar-refractivity contribution >= 4 is 6.02 Å². The van der Waals surface area contributed by atoms with Gasteiger partial charge in [-0.2, -0.15) is 0 Å². The van der Waals surface area contributed by atoms with E-state index in [9.17, 15) is 5.11 Å². The summed E-state index contributed by atoms with van der Waals surface area (Å²) in [5.74, 6) is 1.49. The van der Waals surface area contributed by atoms with Crippen molar-refractivity contribution in [2.45, 2.75) is 37.8 Å². The minimum Gasteiger partial charge on any atom is -0.462 e. The minimum absolute atomic E-state index is 0.174. The van der Waals surface area contributed by atoms with Gasteiger partial charge in [0.2, 0.25) is 0 Å². The average Bonchev–Trinajstić information content (AvgIpc) is 3.15. The lowest BCUT2D eigenvalue weighted by molar-refractivity contribution is 0.0714. The molecule has 0 bridgehead atoms. The monoisotopic (exact) mass is 415 g/mol. The summed E-state index contributed by atoms with van der Waals surface area (Å²) in [5.41, 5.74) is 9.50. The van der Waals surface area contributed by atoms with Crippen LogP contribution < -0.4 is 10.5 Å². The van der Waals surface area contributed by atoms with E-state index in [1.807, 2.05) is 56.4 Å². The summed E-state index contributed by atoms with van der Waals surface area (Å²) in [4.78, 5) is 9.01. The number of benzene rings is 2. The molecule has 6 nitrogen and oxygen atoms in total. The smallest absolute Gasteiger partial charge is 0.283 e. The molecule has 3 N–H and O–H groups in total. The molecule has 0 aliphatic carbocycles. The Kier molecular flexibility index (Phi) is 4.48. The van der Waals surface area contributed by atoms with Gasteiger partial charge in [0.25, 0.3) is 6.02 Å². The molecule has 1 spiro atoms. The first-order valence-corrected chi connectivity index (χ1v) is 10.4. The highest BCUT2D eigenvalue weighted by molar-refractivity contribution is 5.78. The zero-order chi connectivity index (χ0) is 21.6. The van der Waals surface area contributed by atoms with Gasteiger partial charge in [-0.05, 0) is 68.1 Å². The highest BCUT2D eigenvalue weighted by Crippen LogP contribution is 2.51. The van der Waals surface area contributed by atoms with Crippen LogP contribution >= 0.6 is 0 Å². The van der Waals surface area contributed by atoms with E-state index in [1.165, 1.54) is 0 Å². The summed E-state index contributed by atoms with van der Waals surface area (Å²) in [7, 11) is 0. The molecule has 0 saturated heterocycles. The maximum atomic E-state index is 10.1. The van der Waals surface area contributed by atoms with Crippen LogP contribution in [0.25, 0.3) is 11.1 Å². The number of fused-ring (bicyclic) bond motifs is 4. The van der Waals surface area contributed by atoms with Gasteiger partial charge in [-0.25, -0.2) is 4.99 Å². The third-order valence-electron chi connectivity index (χ3n) is 5.88. The van der Waals surface area contributed by atoms with Crippen LogP contribution in [-0.2, 0) is 16.7 Å². The minimum atomic E-state index is -0.768. The molecule has 5 rings (SSSR count). The summed E-state index contributed by atoms with van der Waals surface area (Å²) in [6.07, 6.45) is 5.00. The molecule has 1 atom stereocenters. The van der Waals surface area contributed by atoms with Crippen molar-refractivity contribution in [3.8, 4) is 22.6 Å². The van der Waals surface area contributed by atoms with Gasteiger partial charge in [0.1, 0.15) is 18.1 Å². The number of nitrogens with two attached hydrogens (primary N) is 1. The van der Waals surface area contributed by atoms with Gasteiger partial charge in [-0.15, -0.1) is 0 Å². The van der Waals surface area contributed by atoms with Crippen LogP contribution in [0.2, 0.25) is 0 Å². The molecule has 158 valence electrons. The van der Waals surface area contributed by atoms with Crippen LogP contribution in [0.3, 0.4) is 0 Å². The van der Waals surface area contributed by atoms with Gasteiger partial charge in [-0.1, -0.05) is 18.2 Å².